The van der Waals surface area contributed by atoms with Gasteiger partial charge in [0.2, 0.25) is 0 Å². The first-order valence-corrected chi connectivity index (χ1v) is 9.68. The van der Waals surface area contributed by atoms with Crippen molar-refractivity contribution in [1.29, 1.82) is 0 Å². The molecule has 0 spiro atoms. The molecule has 28 heavy (non-hydrogen) atoms. The van der Waals surface area contributed by atoms with Crippen LogP contribution in [0.15, 0.2) is 48.5 Å². The fraction of sp³-hybridized carbons (Fsp3) is 0.400. The Morgan fingerprint density at radius 1 is 0.786 bits per heavy atom. The molecule has 2 aliphatic rings. The van der Waals surface area contributed by atoms with E-state index in [2.05, 4.69) is 0 Å². The highest BCUT2D eigenvalue weighted by Crippen LogP contribution is 2.34. The van der Waals surface area contributed by atoms with Gasteiger partial charge >= 0.3 is 0 Å². The van der Waals surface area contributed by atoms with Gasteiger partial charge in [-0.25, -0.2) is 0 Å². The standard InChI is InChI=1S/C20H20Cl2O6/c21-13-5-1-11(2-6-13)19-26-10-16(27-19)17(24)18-15(23)9-25-20(28-18)12-3-7-14(22)8-4-12/h1-8,15-20,23-24H,9-10H2/t15-,16+,17-,18-,19?,20?/m0/s1. The Kier molecular flexibility index (Phi) is 6.20. The normalized spacial score (nSPS) is 31.6. The van der Waals surface area contributed by atoms with Crippen molar-refractivity contribution >= 4 is 23.2 Å². The smallest absolute Gasteiger partial charge is 0.184 e. The Morgan fingerprint density at radius 2 is 1.29 bits per heavy atom. The molecule has 2 N–H and O–H groups in total. The van der Waals surface area contributed by atoms with Gasteiger partial charge in [-0.15, -0.1) is 0 Å². The van der Waals surface area contributed by atoms with Crippen LogP contribution in [0.2, 0.25) is 10.0 Å². The predicted octanol–water partition coefficient (Wildman–Crippen LogP) is 3.24. The number of benzene rings is 2. The van der Waals surface area contributed by atoms with Gasteiger partial charge in [0.15, 0.2) is 12.6 Å². The Balaban J connectivity index is 1.42. The van der Waals surface area contributed by atoms with E-state index in [-0.39, 0.29) is 13.2 Å². The quantitative estimate of drug-likeness (QED) is 0.781. The fourth-order valence-electron chi connectivity index (χ4n) is 3.26. The summed E-state index contributed by atoms with van der Waals surface area (Å²) >= 11 is 11.8. The summed E-state index contributed by atoms with van der Waals surface area (Å²) in [5, 5.41) is 22.3. The van der Waals surface area contributed by atoms with Gasteiger partial charge < -0.3 is 29.2 Å². The molecule has 2 unspecified atom stereocenters. The van der Waals surface area contributed by atoms with Crippen LogP contribution >= 0.6 is 23.2 Å². The minimum Gasteiger partial charge on any atom is -0.388 e. The highest BCUT2D eigenvalue weighted by molar-refractivity contribution is 6.30. The zero-order valence-electron chi connectivity index (χ0n) is 14.8. The van der Waals surface area contributed by atoms with Crippen molar-refractivity contribution < 1.29 is 29.2 Å². The monoisotopic (exact) mass is 426 g/mol. The van der Waals surface area contributed by atoms with Crippen LogP contribution in [0.25, 0.3) is 0 Å². The minimum absolute atomic E-state index is 0.0310. The zero-order valence-corrected chi connectivity index (χ0v) is 16.3. The maximum atomic E-state index is 10.8. The predicted molar refractivity (Wildman–Crippen MR) is 102 cm³/mol. The summed E-state index contributed by atoms with van der Waals surface area (Å²) in [6.45, 7) is 0.205. The van der Waals surface area contributed by atoms with Crippen LogP contribution in [0.1, 0.15) is 23.7 Å². The Hall–Kier alpha value is -1.22. The van der Waals surface area contributed by atoms with Crippen LogP contribution in [0, 0.1) is 0 Å². The van der Waals surface area contributed by atoms with Gasteiger partial charge in [0.05, 0.1) is 13.2 Å². The van der Waals surface area contributed by atoms with Crippen LogP contribution < -0.4 is 0 Å². The van der Waals surface area contributed by atoms with Crippen LogP contribution in [0.4, 0.5) is 0 Å². The molecule has 0 aliphatic carbocycles. The first-order chi connectivity index (χ1) is 13.5. The Bertz CT molecular complexity index is 784. The third kappa shape index (κ3) is 4.35. The summed E-state index contributed by atoms with van der Waals surface area (Å²) in [6.07, 6.45) is -4.94. The maximum absolute atomic E-state index is 10.8. The van der Waals surface area contributed by atoms with Gasteiger partial charge in [-0.05, 0) is 24.3 Å². The third-order valence-corrected chi connectivity index (χ3v) is 5.29. The molecular weight excluding hydrogens is 407 g/mol. The van der Waals surface area contributed by atoms with Crippen LogP contribution in [-0.2, 0) is 18.9 Å². The third-order valence-electron chi connectivity index (χ3n) is 4.79. The van der Waals surface area contributed by atoms with E-state index in [1.54, 1.807) is 48.5 Å². The number of aliphatic hydroxyl groups excluding tert-OH is 2. The summed E-state index contributed by atoms with van der Waals surface area (Å²) in [6, 6.07) is 14.1. The molecule has 2 aromatic rings. The average Bonchev–Trinajstić information content (AvgIpc) is 3.19. The summed E-state index contributed by atoms with van der Waals surface area (Å²) in [5.74, 6) is 0. The number of halogens is 2. The van der Waals surface area contributed by atoms with E-state index in [4.69, 9.17) is 42.1 Å². The molecule has 2 heterocycles. The molecule has 6 nitrogen and oxygen atoms in total. The molecule has 2 aliphatic heterocycles. The van der Waals surface area contributed by atoms with Gasteiger partial charge in [0.25, 0.3) is 0 Å². The molecule has 6 atom stereocenters. The van der Waals surface area contributed by atoms with Crippen LogP contribution in [0.5, 0.6) is 0 Å². The van der Waals surface area contributed by atoms with Gasteiger partial charge in [-0.1, -0.05) is 47.5 Å². The maximum Gasteiger partial charge on any atom is 0.184 e. The highest BCUT2D eigenvalue weighted by atomic mass is 35.5. The second kappa shape index (κ2) is 8.65. The lowest BCUT2D eigenvalue weighted by atomic mass is 10.0. The lowest BCUT2D eigenvalue weighted by molar-refractivity contribution is -0.283. The van der Waals surface area contributed by atoms with E-state index in [1.165, 1.54) is 0 Å². The van der Waals surface area contributed by atoms with Crippen molar-refractivity contribution in [2.75, 3.05) is 13.2 Å². The van der Waals surface area contributed by atoms with E-state index >= 15 is 0 Å². The van der Waals surface area contributed by atoms with E-state index in [1.807, 2.05) is 0 Å². The van der Waals surface area contributed by atoms with Crippen molar-refractivity contribution in [1.82, 2.24) is 0 Å². The van der Waals surface area contributed by atoms with Crippen LogP contribution in [0.3, 0.4) is 0 Å². The molecule has 8 heteroatoms. The molecule has 0 aromatic heterocycles. The fourth-order valence-corrected chi connectivity index (χ4v) is 3.51. The molecule has 4 rings (SSSR count). The zero-order chi connectivity index (χ0) is 19.7. The topological polar surface area (TPSA) is 77.4 Å². The van der Waals surface area contributed by atoms with E-state index < -0.39 is 37.0 Å². The lowest BCUT2D eigenvalue weighted by Crippen LogP contribution is -2.52. The van der Waals surface area contributed by atoms with Gasteiger partial charge in [0.1, 0.15) is 24.4 Å². The molecule has 150 valence electrons. The molecule has 0 amide bonds. The molecule has 2 aromatic carbocycles. The minimum atomic E-state index is -1.09. The average molecular weight is 427 g/mol. The van der Waals surface area contributed by atoms with Crippen molar-refractivity contribution in [2.45, 2.75) is 37.0 Å². The molecule has 2 saturated heterocycles. The van der Waals surface area contributed by atoms with Crippen LogP contribution in [-0.4, -0.2) is 47.8 Å². The molecule has 0 saturated carbocycles. The number of ether oxygens (including phenoxy) is 4. The first kappa shape index (κ1) is 20.1. The summed E-state index contributed by atoms with van der Waals surface area (Å²) in [5.41, 5.74) is 1.54. The summed E-state index contributed by atoms with van der Waals surface area (Å²) in [4.78, 5) is 0. The summed E-state index contributed by atoms with van der Waals surface area (Å²) < 4.78 is 22.9. The number of aliphatic hydroxyl groups is 2. The highest BCUT2D eigenvalue weighted by Gasteiger charge is 2.43. The number of hydrogen-bond donors (Lipinski definition) is 2. The van der Waals surface area contributed by atoms with E-state index in [9.17, 15) is 10.2 Å². The molecular formula is C20H20Cl2O6. The van der Waals surface area contributed by atoms with Crippen molar-refractivity contribution in [3.8, 4) is 0 Å². The molecule has 0 bridgehead atoms. The van der Waals surface area contributed by atoms with Gasteiger partial charge in [-0.3, -0.25) is 0 Å². The van der Waals surface area contributed by atoms with Crippen molar-refractivity contribution in [3.63, 3.8) is 0 Å². The lowest BCUT2D eigenvalue weighted by Gasteiger charge is -2.37. The van der Waals surface area contributed by atoms with E-state index in [0.717, 1.165) is 11.1 Å². The number of hydrogen-bond acceptors (Lipinski definition) is 6. The first-order valence-electron chi connectivity index (χ1n) is 8.92. The Labute approximate surface area is 172 Å². The van der Waals surface area contributed by atoms with Crippen molar-refractivity contribution in [2.24, 2.45) is 0 Å². The second-order valence-electron chi connectivity index (χ2n) is 6.77. The van der Waals surface area contributed by atoms with E-state index in [0.29, 0.717) is 10.0 Å². The molecule has 0 radical (unpaired) electrons. The summed E-state index contributed by atoms with van der Waals surface area (Å²) in [7, 11) is 0. The van der Waals surface area contributed by atoms with Gasteiger partial charge in [0, 0.05) is 21.2 Å². The Morgan fingerprint density at radius 3 is 1.86 bits per heavy atom. The number of rotatable bonds is 4. The van der Waals surface area contributed by atoms with Crippen molar-refractivity contribution in [3.05, 3.63) is 69.7 Å². The molecule has 2 fully saturated rings. The largest absolute Gasteiger partial charge is 0.388 e. The SMILES string of the molecule is O[C@H]([C@H]1OC(c2ccc(Cl)cc2)OC[C@@H]1O)[C@H]1COC(c2ccc(Cl)cc2)O1. The van der Waals surface area contributed by atoms with Gasteiger partial charge in [-0.2, -0.15) is 0 Å². The second-order valence-corrected chi connectivity index (χ2v) is 7.64.